The zero-order valence-electron chi connectivity index (χ0n) is 11.1. The summed E-state index contributed by atoms with van der Waals surface area (Å²) in [5.41, 5.74) is 0.866. The number of anilines is 1. The number of carbonyl (C=O) groups excluding carboxylic acids is 1. The Morgan fingerprint density at radius 3 is 2.65 bits per heavy atom. The SMILES string of the molecule is O=C1[C@H](N2CCS(=O)CC2)CCN1c1cccc(Cl)c1. The van der Waals surface area contributed by atoms with Crippen molar-refractivity contribution in [2.24, 2.45) is 0 Å². The summed E-state index contributed by atoms with van der Waals surface area (Å²) >= 11 is 5.99. The minimum atomic E-state index is -0.704. The first-order chi connectivity index (χ1) is 9.65. The monoisotopic (exact) mass is 312 g/mol. The van der Waals surface area contributed by atoms with Crippen molar-refractivity contribution in [3.05, 3.63) is 29.3 Å². The molecule has 0 radical (unpaired) electrons. The Morgan fingerprint density at radius 2 is 1.95 bits per heavy atom. The molecule has 4 nitrogen and oxygen atoms in total. The number of benzene rings is 1. The lowest BCUT2D eigenvalue weighted by atomic mass is 10.2. The molecule has 2 heterocycles. The average Bonchev–Trinajstić information content (AvgIpc) is 2.82. The number of amides is 1. The van der Waals surface area contributed by atoms with E-state index >= 15 is 0 Å². The molecule has 0 unspecified atom stereocenters. The molecule has 108 valence electrons. The van der Waals surface area contributed by atoms with E-state index in [-0.39, 0.29) is 11.9 Å². The van der Waals surface area contributed by atoms with E-state index in [1.165, 1.54) is 0 Å². The standard InChI is InChI=1S/C14H17ClN2O2S/c15-11-2-1-3-12(10-11)17-5-4-13(14(17)18)16-6-8-20(19)9-7-16/h1-3,10,13H,4-9H2/t13-/m1/s1. The Labute approximate surface area is 126 Å². The summed E-state index contributed by atoms with van der Waals surface area (Å²) < 4.78 is 11.4. The Hall–Kier alpha value is -0.910. The highest BCUT2D eigenvalue weighted by molar-refractivity contribution is 7.85. The molecule has 1 amide bonds. The van der Waals surface area contributed by atoms with Crippen LogP contribution in [0.2, 0.25) is 5.02 Å². The Bertz CT molecular complexity index is 542. The van der Waals surface area contributed by atoms with E-state index < -0.39 is 10.8 Å². The van der Waals surface area contributed by atoms with E-state index in [0.29, 0.717) is 16.5 Å². The first kappa shape index (κ1) is 14.0. The van der Waals surface area contributed by atoms with Gasteiger partial charge in [0, 0.05) is 52.6 Å². The maximum Gasteiger partial charge on any atom is 0.244 e. The molecule has 3 rings (SSSR count). The van der Waals surface area contributed by atoms with Gasteiger partial charge < -0.3 is 4.90 Å². The molecule has 0 N–H and O–H groups in total. The maximum atomic E-state index is 12.6. The summed E-state index contributed by atoms with van der Waals surface area (Å²) in [5, 5.41) is 0.645. The maximum absolute atomic E-state index is 12.6. The third-order valence-electron chi connectivity index (χ3n) is 3.95. The molecule has 0 bridgehead atoms. The van der Waals surface area contributed by atoms with Crippen LogP contribution in [0.5, 0.6) is 0 Å². The molecular weight excluding hydrogens is 296 g/mol. The molecule has 2 aliphatic rings. The van der Waals surface area contributed by atoms with Gasteiger partial charge in [-0.1, -0.05) is 17.7 Å². The van der Waals surface area contributed by atoms with Crippen molar-refractivity contribution in [3.63, 3.8) is 0 Å². The Balaban J connectivity index is 1.72. The summed E-state index contributed by atoms with van der Waals surface area (Å²) in [6.07, 6.45) is 0.831. The lowest BCUT2D eigenvalue weighted by Crippen LogP contribution is -2.48. The number of hydrogen-bond donors (Lipinski definition) is 0. The third-order valence-corrected chi connectivity index (χ3v) is 5.46. The van der Waals surface area contributed by atoms with Crippen LogP contribution in [0.3, 0.4) is 0 Å². The molecule has 2 saturated heterocycles. The minimum absolute atomic E-state index is 0.0636. The van der Waals surface area contributed by atoms with Crippen molar-refractivity contribution in [3.8, 4) is 0 Å². The zero-order chi connectivity index (χ0) is 14.1. The van der Waals surface area contributed by atoms with Crippen LogP contribution in [0.25, 0.3) is 0 Å². The number of carbonyl (C=O) groups is 1. The second-order valence-corrected chi connectivity index (χ2v) is 7.29. The van der Waals surface area contributed by atoms with Crippen molar-refractivity contribution < 1.29 is 9.00 Å². The minimum Gasteiger partial charge on any atom is -0.311 e. The average molecular weight is 313 g/mol. The van der Waals surface area contributed by atoms with Crippen molar-refractivity contribution in [2.75, 3.05) is 36.0 Å². The van der Waals surface area contributed by atoms with Crippen molar-refractivity contribution in [2.45, 2.75) is 12.5 Å². The number of hydrogen-bond acceptors (Lipinski definition) is 3. The molecule has 20 heavy (non-hydrogen) atoms. The van der Waals surface area contributed by atoms with E-state index in [2.05, 4.69) is 4.90 Å². The van der Waals surface area contributed by atoms with Crippen molar-refractivity contribution >= 4 is 34.0 Å². The number of nitrogens with zero attached hydrogens (tertiary/aromatic N) is 2. The highest BCUT2D eigenvalue weighted by atomic mass is 35.5. The third kappa shape index (κ3) is 2.75. The predicted molar refractivity (Wildman–Crippen MR) is 81.7 cm³/mol. The number of halogens is 1. The first-order valence-electron chi connectivity index (χ1n) is 6.81. The van der Waals surface area contributed by atoms with Gasteiger partial charge in [-0.05, 0) is 24.6 Å². The van der Waals surface area contributed by atoms with E-state index in [1.807, 2.05) is 29.2 Å². The smallest absolute Gasteiger partial charge is 0.244 e. The summed E-state index contributed by atoms with van der Waals surface area (Å²) in [6, 6.07) is 7.35. The number of rotatable bonds is 2. The molecule has 0 aromatic heterocycles. The van der Waals surface area contributed by atoms with Gasteiger partial charge in [0.1, 0.15) is 0 Å². The lowest BCUT2D eigenvalue weighted by Gasteiger charge is -2.30. The van der Waals surface area contributed by atoms with E-state index in [4.69, 9.17) is 11.6 Å². The molecule has 1 aromatic rings. The van der Waals surface area contributed by atoms with Crippen LogP contribution in [-0.4, -0.2) is 52.2 Å². The second kappa shape index (κ2) is 5.84. The second-order valence-electron chi connectivity index (χ2n) is 5.16. The van der Waals surface area contributed by atoms with Gasteiger partial charge >= 0.3 is 0 Å². The first-order valence-corrected chi connectivity index (χ1v) is 8.68. The molecule has 1 atom stereocenters. The van der Waals surface area contributed by atoms with E-state index in [0.717, 1.165) is 31.7 Å². The van der Waals surface area contributed by atoms with Crippen LogP contribution in [0, 0.1) is 0 Å². The van der Waals surface area contributed by atoms with Gasteiger partial charge in [-0.15, -0.1) is 0 Å². The van der Waals surface area contributed by atoms with Gasteiger partial charge in [-0.3, -0.25) is 13.9 Å². The van der Waals surface area contributed by atoms with Crippen LogP contribution in [0.4, 0.5) is 5.69 Å². The molecule has 1 aromatic carbocycles. The topological polar surface area (TPSA) is 40.6 Å². The Kier molecular flexibility index (Phi) is 4.10. The van der Waals surface area contributed by atoms with Crippen LogP contribution in [0.1, 0.15) is 6.42 Å². The van der Waals surface area contributed by atoms with Crippen LogP contribution >= 0.6 is 11.6 Å². The molecule has 2 aliphatic heterocycles. The highest BCUT2D eigenvalue weighted by Gasteiger charge is 2.37. The van der Waals surface area contributed by atoms with Crippen LogP contribution in [0.15, 0.2) is 24.3 Å². The Morgan fingerprint density at radius 1 is 1.20 bits per heavy atom. The summed E-state index contributed by atoms with van der Waals surface area (Å²) in [5.74, 6) is 1.50. The molecule has 6 heteroatoms. The van der Waals surface area contributed by atoms with E-state index in [1.54, 1.807) is 0 Å². The molecule has 2 fully saturated rings. The van der Waals surface area contributed by atoms with Crippen molar-refractivity contribution in [1.82, 2.24) is 4.90 Å². The summed E-state index contributed by atoms with van der Waals surface area (Å²) in [6.45, 7) is 2.24. The van der Waals surface area contributed by atoms with Gasteiger partial charge in [0.2, 0.25) is 5.91 Å². The molecule has 0 spiro atoms. The predicted octanol–water partition coefficient (Wildman–Crippen LogP) is 1.51. The van der Waals surface area contributed by atoms with Gasteiger partial charge in [0.25, 0.3) is 0 Å². The molecule has 0 aliphatic carbocycles. The van der Waals surface area contributed by atoms with Gasteiger partial charge in [0.05, 0.1) is 6.04 Å². The summed E-state index contributed by atoms with van der Waals surface area (Å²) in [4.78, 5) is 16.5. The lowest BCUT2D eigenvalue weighted by molar-refractivity contribution is -0.121. The largest absolute Gasteiger partial charge is 0.311 e. The fraction of sp³-hybridized carbons (Fsp3) is 0.500. The van der Waals surface area contributed by atoms with Crippen LogP contribution in [-0.2, 0) is 15.6 Å². The normalized spacial score (nSPS) is 25.4. The molecule has 0 saturated carbocycles. The van der Waals surface area contributed by atoms with E-state index in [9.17, 15) is 9.00 Å². The quantitative estimate of drug-likeness (QED) is 0.831. The highest BCUT2D eigenvalue weighted by Crippen LogP contribution is 2.27. The fourth-order valence-corrected chi connectivity index (χ4v) is 4.13. The van der Waals surface area contributed by atoms with Gasteiger partial charge in [-0.25, -0.2) is 0 Å². The van der Waals surface area contributed by atoms with Crippen molar-refractivity contribution in [1.29, 1.82) is 0 Å². The van der Waals surface area contributed by atoms with Gasteiger partial charge in [-0.2, -0.15) is 0 Å². The zero-order valence-corrected chi connectivity index (χ0v) is 12.7. The van der Waals surface area contributed by atoms with Gasteiger partial charge in [0.15, 0.2) is 0 Å². The summed E-state index contributed by atoms with van der Waals surface area (Å²) in [7, 11) is -0.704. The van der Waals surface area contributed by atoms with Crippen LogP contribution < -0.4 is 4.90 Å². The fourth-order valence-electron chi connectivity index (χ4n) is 2.87. The molecular formula is C14H17ClN2O2S.